The van der Waals surface area contributed by atoms with E-state index in [1.807, 2.05) is 0 Å². The summed E-state index contributed by atoms with van der Waals surface area (Å²) in [4.78, 5) is 40.4. The van der Waals surface area contributed by atoms with Gasteiger partial charge in [0.15, 0.2) is 5.78 Å². The Labute approximate surface area is 159 Å². The Bertz CT molecular complexity index is 717. The molecule has 0 aliphatic carbocycles. The van der Waals surface area contributed by atoms with E-state index in [4.69, 9.17) is 5.11 Å². The standard InChI is InChI=1S/C10H8N2O4S.2Na.2H/c1-3-5-8(14)11-7(10(15)16)12-9(5)17-6(3)4(2)13;;;;/h1-2H3,(H,15,16)(H,11,12,14);;;;/q;2*+1;2*-1. The largest absolute Gasteiger partial charge is 1.00 e. The molecule has 0 aliphatic rings. The van der Waals surface area contributed by atoms with Crippen molar-refractivity contribution in [2.45, 2.75) is 13.8 Å². The molecule has 2 N–H and O–H groups in total. The zero-order chi connectivity index (χ0) is 12.7. The maximum Gasteiger partial charge on any atom is 1.00 e. The molecule has 0 saturated heterocycles. The first-order chi connectivity index (χ1) is 7.91. The molecule has 2 rings (SSSR count). The SMILES string of the molecule is CC(=O)c1sc2nc(C(=O)O)[nH]c(=O)c2c1C.[H-].[H-].[Na+].[Na+]. The van der Waals surface area contributed by atoms with Gasteiger partial charge in [0, 0.05) is 0 Å². The summed E-state index contributed by atoms with van der Waals surface area (Å²) in [5, 5.41) is 9.04. The predicted molar refractivity (Wildman–Crippen MR) is 64.2 cm³/mol. The molecule has 0 atom stereocenters. The Morgan fingerprint density at radius 2 is 1.95 bits per heavy atom. The molecule has 0 fully saturated rings. The van der Waals surface area contributed by atoms with Gasteiger partial charge < -0.3 is 12.9 Å². The van der Waals surface area contributed by atoms with Gasteiger partial charge in [-0.15, -0.1) is 11.3 Å². The van der Waals surface area contributed by atoms with Crippen molar-refractivity contribution in [1.82, 2.24) is 9.97 Å². The number of thiophene rings is 1. The molecule has 6 nitrogen and oxygen atoms in total. The number of nitrogens with zero attached hydrogens (tertiary/aromatic N) is 1. The van der Waals surface area contributed by atoms with E-state index < -0.39 is 17.4 Å². The maximum absolute atomic E-state index is 11.7. The van der Waals surface area contributed by atoms with Crippen molar-refractivity contribution in [3.63, 3.8) is 0 Å². The number of carboxylic acids is 1. The van der Waals surface area contributed by atoms with Crippen LogP contribution in [0.4, 0.5) is 0 Å². The number of carboxylic acid groups (broad SMARTS) is 1. The Hall–Kier alpha value is -0.0200. The van der Waals surface area contributed by atoms with Crippen LogP contribution in [0.25, 0.3) is 10.2 Å². The van der Waals surface area contributed by atoms with Gasteiger partial charge in [-0.25, -0.2) is 9.78 Å². The van der Waals surface area contributed by atoms with E-state index in [1.165, 1.54) is 6.92 Å². The van der Waals surface area contributed by atoms with Gasteiger partial charge in [0.05, 0.1) is 10.3 Å². The number of hydrogen-bond acceptors (Lipinski definition) is 5. The van der Waals surface area contributed by atoms with E-state index in [1.54, 1.807) is 6.92 Å². The van der Waals surface area contributed by atoms with Crippen molar-refractivity contribution >= 4 is 33.3 Å². The van der Waals surface area contributed by atoms with Crippen LogP contribution in [-0.4, -0.2) is 26.8 Å². The number of fused-ring (bicyclic) bond motifs is 1. The van der Waals surface area contributed by atoms with Crippen molar-refractivity contribution < 1.29 is 76.7 Å². The van der Waals surface area contributed by atoms with Gasteiger partial charge in [0.1, 0.15) is 4.83 Å². The van der Waals surface area contributed by atoms with Crippen molar-refractivity contribution in [1.29, 1.82) is 0 Å². The molecule has 9 heteroatoms. The molecule has 92 valence electrons. The quantitative estimate of drug-likeness (QED) is 0.430. The van der Waals surface area contributed by atoms with Crippen molar-refractivity contribution in [3.05, 3.63) is 26.6 Å². The Kier molecular flexibility index (Phi) is 7.11. The molecule has 0 bridgehead atoms. The summed E-state index contributed by atoms with van der Waals surface area (Å²) in [6.07, 6.45) is 0. The number of hydrogen-bond donors (Lipinski definition) is 2. The monoisotopic (exact) mass is 300 g/mol. The van der Waals surface area contributed by atoms with E-state index in [9.17, 15) is 14.4 Å². The van der Waals surface area contributed by atoms with Gasteiger partial charge in [-0.05, 0) is 19.4 Å². The van der Waals surface area contributed by atoms with Crippen LogP contribution >= 0.6 is 11.3 Å². The van der Waals surface area contributed by atoms with Crippen LogP contribution in [-0.2, 0) is 0 Å². The molecule has 0 saturated carbocycles. The Morgan fingerprint density at radius 3 is 2.42 bits per heavy atom. The summed E-state index contributed by atoms with van der Waals surface area (Å²) < 4.78 is 0. The van der Waals surface area contributed by atoms with Gasteiger partial charge >= 0.3 is 65.1 Å². The van der Waals surface area contributed by atoms with E-state index in [2.05, 4.69) is 9.97 Å². The first-order valence-electron chi connectivity index (χ1n) is 4.69. The van der Waals surface area contributed by atoms with Gasteiger partial charge in [-0.3, -0.25) is 9.59 Å². The molecule has 0 unspecified atom stereocenters. The smallest absolute Gasteiger partial charge is 1.00 e. The second-order valence-electron chi connectivity index (χ2n) is 3.51. The van der Waals surface area contributed by atoms with Crippen LogP contribution in [0.3, 0.4) is 0 Å². The first-order valence-corrected chi connectivity index (χ1v) is 5.51. The molecule has 2 aromatic rings. The average molecular weight is 300 g/mol. The number of carbonyl (C=O) groups is 2. The average Bonchev–Trinajstić information content (AvgIpc) is 2.56. The predicted octanol–water partition coefficient (Wildman–Crippen LogP) is -4.57. The third-order valence-corrected chi connectivity index (χ3v) is 3.61. The molecule has 19 heavy (non-hydrogen) atoms. The number of ketones is 1. The van der Waals surface area contributed by atoms with Crippen LogP contribution in [0.5, 0.6) is 0 Å². The third kappa shape index (κ3) is 3.55. The van der Waals surface area contributed by atoms with Crippen LogP contribution in [0.2, 0.25) is 0 Å². The molecule has 2 heterocycles. The fourth-order valence-corrected chi connectivity index (χ4v) is 2.66. The number of aryl methyl sites for hydroxylation is 1. The topological polar surface area (TPSA) is 100 Å². The van der Waals surface area contributed by atoms with Gasteiger partial charge in [0.25, 0.3) is 5.56 Å². The number of aromatic nitrogens is 2. The van der Waals surface area contributed by atoms with E-state index in [0.717, 1.165) is 11.3 Å². The van der Waals surface area contributed by atoms with Crippen molar-refractivity contribution in [3.8, 4) is 0 Å². The van der Waals surface area contributed by atoms with E-state index in [0.29, 0.717) is 10.4 Å². The van der Waals surface area contributed by atoms with E-state index >= 15 is 0 Å². The molecular weight excluding hydrogens is 290 g/mol. The molecule has 0 aliphatic heterocycles. The first kappa shape index (κ1) is 19.0. The summed E-state index contributed by atoms with van der Waals surface area (Å²) in [5.41, 5.74) is 0.0110. The van der Waals surface area contributed by atoms with Crippen LogP contribution in [0, 0.1) is 6.92 Å². The number of H-pyrrole nitrogens is 1. The maximum atomic E-state index is 11.7. The molecule has 0 amide bonds. The molecule has 2 aromatic heterocycles. The summed E-state index contributed by atoms with van der Waals surface area (Å²) in [5.74, 6) is -1.89. The fourth-order valence-electron chi connectivity index (χ4n) is 1.58. The van der Waals surface area contributed by atoms with Crippen LogP contribution < -0.4 is 64.7 Å². The number of aromatic amines is 1. The summed E-state index contributed by atoms with van der Waals surface area (Å²) in [6, 6.07) is 0. The number of Topliss-reactive ketones (excluding diaryl/α,β-unsaturated/α-hetero) is 1. The Morgan fingerprint density at radius 1 is 1.37 bits per heavy atom. The zero-order valence-corrected chi connectivity index (χ0v) is 15.8. The minimum Gasteiger partial charge on any atom is -1.00 e. The fraction of sp³-hybridized carbons (Fsp3) is 0.200. The van der Waals surface area contributed by atoms with Crippen molar-refractivity contribution in [2.75, 3.05) is 0 Å². The molecular formula is C10H10N2Na2O4S. The normalized spacial score (nSPS) is 9.58. The Balaban J connectivity index is -0.000000810. The summed E-state index contributed by atoms with van der Waals surface area (Å²) >= 11 is 1.03. The zero-order valence-electron chi connectivity index (χ0n) is 13.0. The van der Waals surface area contributed by atoms with Gasteiger partial charge in [-0.1, -0.05) is 0 Å². The number of aromatic carboxylic acids is 1. The second-order valence-corrected chi connectivity index (χ2v) is 4.51. The number of rotatable bonds is 2. The summed E-state index contributed by atoms with van der Waals surface area (Å²) in [6.45, 7) is 3.04. The second kappa shape index (κ2) is 7.12. The van der Waals surface area contributed by atoms with Crippen molar-refractivity contribution in [2.24, 2.45) is 0 Å². The minimum atomic E-state index is -1.31. The molecule has 0 aromatic carbocycles. The number of nitrogens with one attached hydrogen (secondary N) is 1. The summed E-state index contributed by atoms with van der Waals surface area (Å²) in [7, 11) is 0. The number of carbonyl (C=O) groups excluding carboxylic acids is 1. The molecule has 0 radical (unpaired) electrons. The van der Waals surface area contributed by atoms with Gasteiger partial charge in [-0.2, -0.15) is 0 Å². The van der Waals surface area contributed by atoms with Crippen LogP contribution in [0.15, 0.2) is 4.79 Å². The third-order valence-electron chi connectivity index (χ3n) is 2.32. The minimum absolute atomic E-state index is 0. The van der Waals surface area contributed by atoms with Crippen LogP contribution in [0.1, 0.15) is 35.6 Å². The van der Waals surface area contributed by atoms with Gasteiger partial charge in [0.2, 0.25) is 5.82 Å². The van der Waals surface area contributed by atoms with E-state index in [-0.39, 0.29) is 78.0 Å². The molecule has 0 spiro atoms.